The van der Waals surface area contributed by atoms with Gasteiger partial charge in [-0.25, -0.2) is 4.39 Å². The molecule has 1 heterocycles. The standard InChI is InChI=1S/C9H11FN2O/c10-6-4-9-5(3-8(6)12)7(11)1-2-13-9/h3-4,7H,1-2,11-12H2/t7-/m1/s1. The molecule has 0 fully saturated rings. The van der Waals surface area contributed by atoms with Crippen molar-refractivity contribution in [3.63, 3.8) is 0 Å². The Hall–Kier alpha value is -1.29. The van der Waals surface area contributed by atoms with E-state index in [0.29, 0.717) is 12.4 Å². The van der Waals surface area contributed by atoms with E-state index >= 15 is 0 Å². The number of halogens is 1. The molecule has 13 heavy (non-hydrogen) atoms. The Morgan fingerprint density at radius 3 is 3.00 bits per heavy atom. The summed E-state index contributed by atoms with van der Waals surface area (Å²) in [5, 5.41) is 0. The first-order chi connectivity index (χ1) is 6.18. The molecule has 1 aromatic rings. The van der Waals surface area contributed by atoms with Crippen LogP contribution in [0.1, 0.15) is 18.0 Å². The van der Waals surface area contributed by atoms with Gasteiger partial charge in [-0.05, 0) is 6.07 Å². The van der Waals surface area contributed by atoms with Crippen LogP contribution in [0, 0.1) is 5.82 Å². The van der Waals surface area contributed by atoms with Crippen LogP contribution in [0.15, 0.2) is 12.1 Å². The third kappa shape index (κ3) is 1.33. The maximum absolute atomic E-state index is 13.0. The number of ether oxygens (including phenoxy) is 1. The summed E-state index contributed by atoms with van der Waals surface area (Å²) >= 11 is 0. The summed E-state index contributed by atoms with van der Waals surface area (Å²) in [4.78, 5) is 0. The van der Waals surface area contributed by atoms with Gasteiger partial charge in [-0.2, -0.15) is 0 Å². The van der Waals surface area contributed by atoms with E-state index < -0.39 is 5.82 Å². The third-order valence-electron chi connectivity index (χ3n) is 2.22. The summed E-state index contributed by atoms with van der Waals surface area (Å²) in [7, 11) is 0. The lowest BCUT2D eigenvalue weighted by Gasteiger charge is -2.23. The molecular formula is C9H11FN2O. The first-order valence-electron chi connectivity index (χ1n) is 4.16. The lowest BCUT2D eigenvalue weighted by Crippen LogP contribution is -2.21. The van der Waals surface area contributed by atoms with Gasteiger partial charge in [0.2, 0.25) is 0 Å². The second-order valence-electron chi connectivity index (χ2n) is 3.16. The molecule has 4 heteroatoms. The fourth-order valence-corrected chi connectivity index (χ4v) is 1.46. The second kappa shape index (κ2) is 2.88. The average molecular weight is 182 g/mol. The van der Waals surface area contributed by atoms with E-state index in [4.69, 9.17) is 16.2 Å². The molecule has 1 aromatic carbocycles. The van der Waals surface area contributed by atoms with Gasteiger partial charge in [0.15, 0.2) is 0 Å². The van der Waals surface area contributed by atoms with E-state index in [0.717, 1.165) is 12.0 Å². The zero-order valence-electron chi connectivity index (χ0n) is 7.09. The van der Waals surface area contributed by atoms with E-state index in [2.05, 4.69) is 0 Å². The predicted molar refractivity (Wildman–Crippen MR) is 47.9 cm³/mol. The Balaban J connectivity index is 2.52. The van der Waals surface area contributed by atoms with E-state index in [1.165, 1.54) is 6.07 Å². The summed E-state index contributed by atoms with van der Waals surface area (Å²) in [6.07, 6.45) is 0.748. The Bertz CT molecular complexity index is 341. The molecule has 2 rings (SSSR count). The number of nitrogen functional groups attached to an aromatic ring is 1. The predicted octanol–water partition coefficient (Wildman–Crippen LogP) is 1.19. The number of hydrogen-bond donors (Lipinski definition) is 2. The highest BCUT2D eigenvalue weighted by Crippen LogP contribution is 2.33. The smallest absolute Gasteiger partial charge is 0.149 e. The van der Waals surface area contributed by atoms with Crippen LogP contribution in [0.4, 0.5) is 10.1 Å². The molecule has 70 valence electrons. The van der Waals surface area contributed by atoms with Crippen LogP contribution in [0.25, 0.3) is 0 Å². The molecule has 0 unspecified atom stereocenters. The van der Waals surface area contributed by atoms with Crippen molar-refractivity contribution >= 4 is 5.69 Å². The first kappa shape index (κ1) is 8.31. The van der Waals surface area contributed by atoms with Crippen molar-refractivity contribution in [1.29, 1.82) is 0 Å². The fourth-order valence-electron chi connectivity index (χ4n) is 1.46. The normalized spacial score (nSPS) is 20.6. The molecule has 0 radical (unpaired) electrons. The molecule has 0 spiro atoms. The molecular weight excluding hydrogens is 171 g/mol. The topological polar surface area (TPSA) is 61.3 Å². The van der Waals surface area contributed by atoms with E-state index in [9.17, 15) is 4.39 Å². The summed E-state index contributed by atoms with van der Waals surface area (Å²) in [6.45, 7) is 0.539. The average Bonchev–Trinajstić information content (AvgIpc) is 2.09. The van der Waals surface area contributed by atoms with Crippen molar-refractivity contribution in [2.75, 3.05) is 12.3 Å². The van der Waals surface area contributed by atoms with Crippen LogP contribution in [0.3, 0.4) is 0 Å². The minimum absolute atomic E-state index is 0.0911. The maximum atomic E-state index is 13.0. The van der Waals surface area contributed by atoms with Gasteiger partial charge in [0.25, 0.3) is 0 Å². The number of hydrogen-bond acceptors (Lipinski definition) is 3. The summed E-state index contributed by atoms with van der Waals surface area (Å²) in [5.41, 5.74) is 12.1. The Kier molecular flexibility index (Phi) is 1.84. The first-order valence-corrected chi connectivity index (χ1v) is 4.16. The van der Waals surface area contributed by atoms with E-state index in [-0.39, 0.29) is 11.7 Å². The molecule has 4 N–H and O–H groups in total. The second-order valence-corrected chi connectivity index (χ2v) is 3.16. The van der Waals surface area contributed by atoms with Crippen LogP contribution in [-0.4, -0.2) is 6.61 Å². The molecule has 0 saturated heterocycles. The molecule has 3 nitrogen and oxygen atoms in total. The lowest BCUT2D eigenvalue weighted by atomic mass is 10.0. The number of fused-ring (bicyclic) bond motifs is 1. The highest BCUT2D eigenvalue weighted by atomic mass is 19.1. The molecule has 1 aliphatic heterocycles. The quantitative estimate of drug-likeness (QED) is 0.592. The number of anilines is 1. The Labute approximate surface area is 75.5 Å². The van der Waals surface area contributed by atoms with Crippen molar-refractivity contribution < 1.29 is 9.13 Å². The zero-order valence-corrected chi connectivity index (χ0v) is 7.09. The molecule has 0 amide bonds. The van der Waals surface area contributed by atoms with Crippen LogP contribution >= 0.6 is 0 Å². The number of benzene rings is 1. The Morgan fingerprint density at radius 2 is 2.23 bits per heavy atom. The summed E-state index contributed by atoms with van der Waals surface area (Å²) in [5.74, 6) is 0.0679. The van der Waals surface area contributed by atoms with Gasteiger partial charge in [-0.1, -0.05) is 0 Å². The molecule has 0 saturated carbocycles. The van der Waals surface area contributed by atoms with Crippen molar-refractivity contribution in [1.82, 2.24) is 0 Å². The zero-order chi connectivity index (χ0) is 9.42. The van der Waals surface area contributed by atoms with Crippen LogP contribution < -0.4 is 16.2 Å². The van der Waals surface area contributed by atoms with Crippen molar-refractivity contribution in [2.24, 2.45) is 5.73 Å². The van der Waals surface area contributed by atoms with Crippen molar-refractivity contribution in [3.05, 3.63) is 23.5 Å². The number of nitrogens with two attached hydrogens (primary N) is 2. The van der Waals surface area contributed by atoms with Crippen molar-refractivity contribution in [3.8, 4) is 5.75 Å². The van der Waals surface area contributed by atoms with Gasteiger partial charge < -0.3 is 16.2 Å². The van der Waals surface area contributed by atoms with Crippen LogP contribution in [0.2, 0.25) is 0 Å². The monoisotopic (exact) mass is 182 g/mol. The SMILES string of the molecule is Nc1cc2c(cc1F)OCC[C@H]2N. The maximum Gasteiger partial charge on any atom is 0.149 e. The summed E-state index contributed by atoms with van der Waals surface area (Å²) < 4.78 is 18.2. The molecule has 0 aliphatic carbocycles. The van der Waals surface area contributed by atoms with Gasteiger partial charge in [-0.15, -0.1) is 0 Å². The minimum atomic E-state index is -0.451. The van der Waals surface area contributed by atoms with Gasteiger partial charge in [-0.3, -0.25) is 0 Å². The van der Waals surface area contributed by atoms with E-state index in [1.54, 1.807) is 6.07 Å². The largest absolute Gasteiger partial charge is 0.493 e. The van der Waals surface area contributed by atoms with Gasteiger partial charge in [0.05, 0.1) is 12.3 Å². The highest BCUT2D eigenvalue weighted by Gasteiger charge is 2.19. The molecule has 0 bridgehead atoms. The fraction of sp³-hybridized carbons (Fsp3) is 0.333. The molecule has 1 atom stereocenters. The minimum Gasteiger partial charge on any atom is -0.493 e. The third-order valence-corrected chi connectivity index (χ3v) is 2.22. The highest BCUT2D eigenvalue weighted by molar-refractivity contribution is 5.51. The summed E-state index contributed by atoms with van der Waals surface area (Å²) in [6, 6.07) is 2.75. The van der Waals surface area contributed by atoms with Gasteiger partial charge in [0, 0.05) is 24.1 Å². The van der Waals surface area contributed by atoms with Crippen LogP contribution in [0.5, 0.6) is 5.75 Å². The van der Waals surface area contributed by atoms with E-state index in [1.807, 2.05) is 0 Å². The number of rotatable bonds is 0. The van der Waals surface area contributed by atoms with Crippen LogP contribution in [-0.2, 0) is 0 Å². The lowest BCUT2D eigenvalue weighted by molar-refractivity contribution is 0.267. The van der Waals surface area contributed by atoms with Gasteiger partial charge in [0.1, 0.15) is 11.6 Å². The Morgan fingerprint density at radius 1 is 1.46 bits per heavy atom. The molecule has 0 aromatic heterocycles. The molecule has 1 aliphatic rings. The van der Waals surface area contributed by atoms with Crippen molar-refractivity contribution in [2.45, 2.75) is 12.5 Å². The van der Waals surface area contributed by atoms with Gasteiger partial charge >= 0.3 is 0 Å².